The van der Waals surface area contributed by atoms with Crippen LogP contribution in [0.25, 0.3) is 0 Å². The summed E-state index contributed by atoms with van der Waals surface area (Å²) in [4.78, 5) is 22.6. The van der Waals surface area contributed by atoms with Gasteiger partial charge in [0, 0.05) is 25.2 Å². The first-order chi connectivity index (χ1) is 13.6. The smallest absolute Gasteiger partial charge is 0.274 e. The second kappa shape index (κ2) is 7.75. The number of ether oxygens (including phenoxy) is 1. The molecule has 4 rings (SSSR count). The highest BCUT2D eigenvalue weighted by atomic mass is 19.1. The lowest BCUT2D eigenvalue weighted by molar-refractivity contribution is 0.0784. The van der Waals surface area contributed by atoms with Crippen molar-refractivity contribution in [2.45, 2.75) is 25.9 Å². The summed E-state index contributed by atoms with van der Waals surface area (Å²) in [6, 6.07) is 8.19. The Balaban J connectivity index is 1.36. The van der Waals surface area contributed by atoms with Gasteiger partial charge in [0.15, 0.2) is 11.6 Å². The molecule has 8 heteroatoms. The van der Waals surface area contributed by atoms with E-state index in [4.69, 9.17) is 4.74 Å². The number of nitrogens with one attached hydrogen (secondary N) is 1. The minimum atomic E-state index is -0.397. The summed E-state index contributed by atoms with van der Waals surface area (Å²) in [6.45, 7) is 3.25. The van der Waals surface area contributed by atoms with Crippen LogP contribution in [0.15, 0.2) is 42.7 Å². The molecule has 2 aromatic heterocycles. The summed E-state index contributed by atoms with van der Waals surface area (Å²) >= 11 is 0. The van der Waals surface area contributed by atoms with E-state index in [0.29, 0.717) is 18.8 Å². The van der Waals surface area contributed by atoms with Crippen molar-refractivity contribution in [2.75, 3.05) is 13.1 Å². The van der Waals surface area contributed by atoms with Crippen LogP contribution in [0.2, 0.25) is 0 Å². The maximum Gasteiger partial charge on any atom is 0.274 e. The Labute approximate surface area is 161 Å². The van der Waals surface area contributed by atoms with Gasteiger partial charge in [-0.1, -0.05) is 12.1 Å². The van der Waals surface area contributed by atoms with E-state index in [1.54, 1.807) is 29.3 Å². The van der Waals surface area contributed by atoms with Gasteiger partial charge in [-0.05, 0) is 31.5 Å². The molecular formula is C20H20FN5O2. The summed E-state index contributed by atoms with van der Waals surface area (Å²) in [5, 5.41) is 7.28. The van der Waals surface area contributed by atoms with Crippen LogP contribution in [0, 0.1) is 12.7 Å². The molecule has 1 saturated heterocycles. The molecule has 0 aliphatic carbocycles. The van der Waals surface area contributed by atoms with Gasteiger partial charge in [-0.3, -0.25) is 14.9 Å². The number of carbonyl (C=O) groups excluding carboxylic acids is 1. The minimum absolute atomic E-state index is 0.117. The van der Waals surface area contributed by atoms with E-state index in [1.165, 1.54) is 12.3 Å². The number of hydrogen-bond donors (Lipinski definition) is 1. The van der Waals surface area contributed by atoms with Crippen molar-refractivity contribution in [3.63, 3.8) is 0 Å². The SMILES string of the molecule is Cc1cnc(C(=O)N2CC[C@@H](c3cc(COc4ccccc4F)[nH]n3)C2)cn1. The number of amides is 1. The number of carbonyl (C=O) groups is 1. The standard InChI is InChI=1S/C20H20FN5O2/c1-13-9-23-18(10-22-13)20(27)26-7-6-14(11-26)17-8-15(24-25-17)12-28-19-5-3-2-4-16(19)21/h2-5,8-10,14H,6-7,11-12H2,1H3,(H,24,25)/t14-/m1/s1. The third-order valence-electron chi connectivity index (χ3n) is 4.76. The van der Waals surface area contributed by atoms with Crippen molar-refractivity contribution in [2.24, 2.45) is 0 Å². The average molecular weight is 381 g/mol. The Morgan fingerprint density at radius 2 is 2.18 bits per heavy atom. The van der Waals surface area contributed by atoms with Gasteiger partial charge in [-0.25, -0.2) is 9.37 Å². The zero-order valence-corrected chi connectivity index (χ0v) is 15.4. The monoisotopic (exact) mass is 381 g/mol. The molecule has 1 aliphatic heterocycles. The van der Waals surface area contributed by atoms with Gasteiger partial charge >= 0.3 is 0 Å². The number of aromatic nitrogens is 4. The van der Waals surface area contributed by atoms with Crippen LogP contribution in [0.1, 0.15) is 39.9 Å². The van der Waals surface area contributed by atoms with Crippen LogP contribution < -0.4 is 4.74 Å². The molecule has 3 heterocycles. The van der Waals surface area contributed by atoms with Crippen LogP contribution in [0.5, 0.6) is 5.75 Å². The fraction of sp³-hybridized carbons (Fsp3) is 0.300. The summed E-state index contributed by atoms with van der Waals surface area (Å²) in [7, 11) is 0. The number of rotatable bonds is 5. The van der Waals surface area contributed by atoms with E-state index in [2.05, 4.69) is 20.2 Å². The summed E-state index contributed by atoms with van der Waals surface area (Å²) in [6.07, 6.45) is 3.93. The third-order valence-corrected chi connectivity index (χ3v) is 4.76. The number of hydrogen-bond acceptors (Lipinski definition) is 5. The quantitative estimate of drug-likeness (QED) is 0.735. The average Bonchev–Trinajstić information content (AvgIpc) is 3.37. The molecule has 0 saturated carbocycles. The predicted octanol–water partition coefficient (Wildman–Crippen LogP) is 2.86. The van der Waals surface area contributed by atoms with Gasteiger partial charge in [0.1, 0.15) is 12.3 Å². The molecule has 1 atom stereocenters. The number of aryl methyl sites for hydroxylation is 1. The number of likely N-dealkylation sites (tertiary alicyclic amines) is 1. The first kappa shape index (κ1) is 18.1. The zero-order valence-electron chi connectivity index (χ0n) is 15.4. The molecule has 1 aromatic carbocycles. The van der Waals surface area contributed by atoms with Gasteiger partial charge in [-0.2, -0.15) is 5.10 Å². The maximum absolute atomic E-state index is 13.6. The van der Waals surface area contributed by atoms with Crippen molar-refractivity contribution in [1.29, 1.82) is 0 Å². The van der Waals surface area contributed by atoms with E-state index in [9.17, 15) is 9.18 Å². The van der Waals surface area contributed by atoms with Crippen molar-refractivity contribution in [3.8, 4) is 5.75 Å². The topological polar surface area (TPSA) is 84.0 Å². The summed E-state index contributed by atoms with van der Waals surface area (Å²) in [5.74, 6) is -0.170. The van der Waals surface area contributed by atoms with Crippen LogP contribution in [-0.4, -0.2) is 44.1 Å². The molecule has 1 fully saturated rings. The number of nitrogens with zero attached hydrogens (tertiary/aromatic N) is 4. The lowest BCUT2D eigenvalue weighted by Gasteiger charge is -2.15. The molecule has 1 N–H and O–H groups in total. The summed E-state index contributed by atoms with van der Waals surface area (Å²) in [5.41, 5.74) is 2.76. The largest absolute Gasteiger partial charge is 0.484 e. The van der Waals surface area contributed by atoms with Gasteiger partial charge in [0.25, 0.3) is 5.91 Å². The molecule has 1 aliphatic rings. The molecule has 0 radical (unpaired) electrons. The molecule has 3 aromatic rings. The highest BCUT2D eigenvalue weighted by Crippen LogP contribution is 2.27. The Bertz CT molecular complexity index is 973. The van der Waals surface area contributed by atoms with Crippen LogP contribution in [0.3, 0.4) is 0 Å². The molecule has 1 amide bonds. The van der Waals surface area contributed by atoms with Gasteiger partial charge < -0.3 is 9.64 Å². The number of H-pyrrole nitrogens is 1. The highest BCUT2D eigenvalue weighted by Gasteiger charge is 2.30. The normalized spacial score (nSPS) is 16.4. The Kier molecular flexibility index (Phi) is 5.01. The fourth-order valence-electron chi connectivity index (χ4n) is 3.23. The van der Waals surface area contributed by atoms with Crippen molar-refractivity contribution < 1.29 is 13.9 Å². The van der Waals surface area contributed by atoms with Gasteiger partial charge in [0.2, 0.25) is 0 Å². The van der Waals surface area contributed by atoms with Crippen LogP contribution in [-0.2, 0) is 6.61 Å². The Morgan fingerprint density at radius 3 is 2.96 bits per heavy atom. The van der Waals surface area contributed by atoms with Crippen LogP contribution in [0.4, 0.5) is 4.39 Å². The van der Waals surface area contributed by atoms with E-state index in [-0.39, 0.29) is 24.2 Å². The van der Waals surface area contributed by atoms with Crippen LogP contribution >= 0.6 is 0 Å². The zero-order chi connectivity index (χ0) is 19.5. The lowest BCUT2D eigenvalue weighted by Crippen LogP contribution is -2.29. The number of halogens is 1. The third kappa shape index (κ3) is 3.85. The molecule has 144 valence electrons. The van der Waals surface area contributed by atoms with E-state index < -0.39 is 5.82 Å². The number of para-hydroxylation sites is 1. The predicted molar refractivity (Wildman–Crippen MR) is 99.4 cm³/mol. The minimum Gasteiger partial charge on any atom is -0.484 e. The Hall–Kier alpha value is -3.29. The van der Waals surface area contributed by atoms with E-state index in [1.807, 2.05) is 13.0 Å². The molecule has 0 spiro atoms. The molecular weight excluding hydrogens is 361 g/mol. The van der Waals surface area contributed by atoms with Crippen molar-refractivity contribution in [1.82, 2.24) is 25.1 Å². The fourth-order valence-corrected chi connectivity index (χ4v) is 3.23. The molecule has 0 unspecified atom stereocenters. The Morgan fingerprint density at radius 1 is 1.32 bits per heavy atom. The second-order valence-electron chi connectivity index (χ2n) is 6.82. The second-order valence-corrected chi connectivity index (χ2v) is 6.82. The maximum atomic E-state index is 13.6. The van der Waals surface area contributed by atoms with Gasteiger partial charge in [0.05, 0.1) is 23.3 Å². The van der Waals surface area contributed by atoms with E-state index >= 15 is 0 Å². The molecule has 0 bridgehead atoms. The van der Waals surface area contributed by atoms with Crippen molar-refractivity contribution >= 4 is 5.91 Å². The highest BCUT2D eigenvalue weighted by molar-refractivity contribution is 5.92. The first-order valence-corrected chi connectivity index (χ1v) is 9.09. The number of benzene rings is 1. The van der Waals surface area contributed by atoms with Gasteiger partial charge in [-0.15, -0.1) is 0 Å². The van der Waals surface area contributed by atoms with E-state index in [0.717, 1.165) is 23.5 Å². The lowest BCUT2D eigenvalue weighted by atomic mass is 10.1. The van der Waals surface area contributed by atoms with Crippen molar-refractivity contribution in [3.05, 3.63) is 71.3 Å². The molecule has 28 heavy (non-hydrogen) atoms. The molecule has 7 nitrogen and oxygen atoms in total. The first-order valence-electron chi connectivity index (χ1n) is 9.09. The summed E-state index contributed by atoms with van der Waals surface area (Å²) < 4.78 is 19.1. The number of aromatic amines is 1.